The van der Waals surface area contributed by atoms with Gasteiger partial charge in [0.1, 0.15) is 6.42 Å². The summed E-state index contributed by atoms with van der Waals surface area (Å²) in [6.45, 7) is 0. The summed E-state index contributed by atoms with van der Waals surface area (Å²) in [6.07, 6.45) is -0.229. The van der Waals surface area contributed by atoms with Crippen LogP contribution in [0.5, 0.6) is 0 Å². The Kier molecular flexibility index (Phi) is 3.45. The highest BCUT2D eigenvalue weighted by atomic mass is 35.5. The molecule has 1 aromatic heterocycles. The van der Waals surface area contributed by atoms with Crippen molar-refractivity contribution < 1.29 is 14.3 Å². The third kappa shape index (κ3) is 2.82. The van der Waals surface area contributed by atoms with Crippen LogP contribution >= 0.6 is 22.9 Å². The molecule has 0 saturated carbocycles. The molecule has 0 aliphatic heterocycles. The van der Waals surface area contributed by atoms with Gasteiger partial charge in [-0.05, 0) is 6.07 Å². The Labute approximate surface area is 84.3 Å². The molecule has 0 unspecified atom stereocenters. The van der Waals surface area contributed by atoms with Crippen molar-refractivity contribution in [3.8, 4) is 0 Å². The second-order valence-corrected chi connectivity index (χ2v) is 3.65. The summed E-state index contributed by atoms with van der Waals surface area (Å²) in [5.41, 5.74) is 0. The third-order valence-corrected chi connectivity index (χ3v) is 2.69. The molecule has 0 aromatic carbocycles. The lowest BCUT2D eigenvalue weighted by atomic mass is 10.2. The maximum atomic E-state index is 11.3. The van der Waals surface area contributed by atoms with Gasteiger partial charge in [0.2, 0.25) is 0 Å². The number of rotatable bonds is 3. The molecular formula is C8H7ClO3S. The molecule has 0 saturated heterocycles. The lowest BCUT2D eigenvalue weighted by Gasteiger charge is -1.95. The molecule has 0 bridgehead atoms. The predicted molar refractivity (Wildman–Crippen MR) is 50.3 cm³/mol. The van der Waals surface area contributed by atoms with E-state index in [1.54, 1.807) is 5.38 Å². The van der Waals surface area contributed by atoms with E-state index in [4.69, 9.17) is 11.6 Å². The van der Waals surface area contributed by atoms with Crippen molar-refractivity contribution in [3.05, 3.63) is 21.3 Å². The molecule has 0 radical (unpaired) electrons. The van der Waals surface area contributed by atoms with Crippen LogP contribution in [0.1, 0.15) is 16.1 Å². The number of halogens is 1. The Balaban J connectivity index is 2.64. The highest BCUT2D eigenvalue weighted by Gasteiger charge is 2.13. The molecule has 0 aliphatic carbocycles. The molecule has 0 spiro atoms. The molecular weight excluding hydrogens is 212 g/mol. The standard InChI is InChI=1S/C8H7ClO3S/c1-12-8(11)3-6(10)7-2-5(9)4-13-7/h2,4H,3H2,1H3. The Bertz CT molecular complexity index is 332. The minimum atomic E-state index is -0.533. The summed E-state index contributed by atoms with van der Waals surface area (Å²) < 4.78 is 4.36. The highest BCUT2D eigenvalue weighted by molar-refractivity contribution is 7.12. The average Bonchev–Trinajstić information content (AvgIpc) is 2.51. The number of methoxy groups -OCH3 is 1. The first-order chi connectivity index (χ1) is 6.13. The van der Waals surface area contributed by atoms with E-state index in [0.717, 1.165) is 0 Å². The second kappa shape index (κ2) is 4.39. The fourth-order valence-corrected chi connectivity index (χ4v) is 1.76. The van der Waals surface area contributed by atoms with Crippen molar-refractivity contribution >= 4 is 34.7 Å². The zero-order valence-electron chi connectivity index (χ0n) is 6.87. The van der Waals surface area contributed by atoms with Gasteiger partial charge in [-0.25, -0.2) is 0 Å². The van der Waals surface area contributed by atoms with E-state index in [9.17, 15) is 9.59 Å². The van der Waals surface area contributed by atoms with Crippen LogP contribution in [0.15, 0.2) is 11.4 Å². The number of esters is 1. The van der Waals surface area contributed by atoms with Gasteiger partial charge in [-0.3, -0.25) is 9.59 Å². The fourth-order valence-electron chi connectivity index (χ4n) is 0.750. The number of carbonyl (C=O) groups is 2. The minimum Gasteiger partial charge on any atom is -0.469 e. The number of thiophene rings is 1. The van der Waals surface area contributed by atoms with Crippen molar-refractivity contribution in [2.75, 3.05) is 7.11 Å². The van der Waals surface area contributed by atoms with Crippen molar-refractivity contribution in [1.82, 2.24) is 0 Å². The maximum Gasteiger partial charge on any atom is 0.313 e. The van der Waals surface area contributed by atoms with E-state index in [-0.39, 0.29) is 12.2 Å². The van der Waals surface area contributed by atoms with Gasteiger partial charge >= 0.3 is 5.97 Å². The summed E-state index contributed by atoms with van der Waals surface area (Å²) in [6, 6.07) is 1.54. The third-order valence-electron chi connectivity index (χ3n) is 1.37. The van der Waals surface area contributed by atoms with Crippen LogP contribution in [0.3, 0.4) is 0 Å². The number of ketones is 1. The molecule has 0 atom stereocenters. The molecule has 13 heavy (non-hydrogen) atoms. The first kappa shape index (κ1) is 10.2. The van der Waals surface area contributed by atoms with E-state index >= 15 is 0 Å². The number of Topliss-reactive ketones (excluding diaryl/α,β-unsaturated/α-hetero) is 1. The zero-order chi connectivity index (χ0) is 9.84. The van der Waals surface area contributed by atoms with Crippen LogP contribution in [-0.4, -0.2) is 18.9 Å². The van der Waals surface area contributed by atoms with Gasteiger partial charge < -0.3 is 4.74 Å². The fraction of sp³-hybridized carbons (Fsp3) is 0.250. The molecule has 1 aromatic rings. The number of ether oxygens (including phenoxy) is 1. The van der Waals surface area contributed by atoms with Crippen LogP contribution in [0.4, 0.5) is 0 Å². The van der Waals surface area contributed by atoms with Crippen LogP contribution in [-0.2, 0) is 9.53 Å². The van der Waals surface area contributed by atoms with Crippen LogP contribution in [0.2, 0.25) is 5.02 Å². The Morgan fingerprint density at radius 2 is 2.31 bits per heavy atom. The monoisotopic (exact) mass is 218 g/mol. The lowest BCUT2D eigenvalue weighted by Crippen LogP contribution is -2.07. The van der Waals surface area contributed by atoms with Gasteiger partial charge in [0.15, 0.2) is 5.78 Å². The van der Waals surface area contributed by atoms with Gasteiger partial charge in [-0.15, -0.1) is 11.3 Å². The van der Waals surface area contributed by atoms with E-state index in [1.165, 1.54) is 24.5 Å². The molecule has 0 N–H and O–H groups in total. The quantitative estimate of drug-likeness (QED) is 0.444. The summed E-state index contributed by atoms with van der Waals surface area (Å²) in [4.78, 5) is 22.5. The summed E-state index contributed by atoms with van der Waals surface area (Å²) in [5, 5.41) is 2.16. The number of hydrogen-bond acceptors (Lipinski definition) is 4. The van der Waals surface area contributed by atoms with Crippen molar-refractivity contribution in [1.29, 1.82) is 0 Å². The second-order valence-electron chi connectivity index (χ2n) is 2.31. The van der Waals surface area contributed by atoms with Crippen molar-refractivity contribution in [2.45, 2.75) is 6.42 Å². The molecule has 0 aliphatic rings. The minimum absolute atomic E-state index is 0.229. The van der Waals surface area contributed by atoms with Gasteiger partial charge in [0.05, 0.1) is 17.0 Å². The lowest BCUT2D eigenvalue weighted by molar-refractivity contribution is -0.139. The molecule has 3 nitrogen and oxygen atoms in total. The van der Waals surface area contributed by atoms with Crippen molar-refractivity contribution in [3.63, 3.8) is 0 Å². The topological polar surface area (TPSA) is 43.4 Å². The largest absolute Gasteiger partial charge is 0.469 e. The zero-order valence-corrected chi connectivity index (χ0v) is 8.45. The predicted octanol–water partition coefficient (Wildman–Crippen LogP) is 2.15. The normalized spacial score (nSPS) is 9.69. The van der Waals surface area contributed by atoms with E-state index in [2.05, 4.69) is 4.74 Å². The molecule has 5 heteroatoms. The molecule has 70 valence electrons. The summed E-state index contributed by atoms with van der Waals surface area (Å²) in [5.74, 6) is -0.793. The first-order valence-electron chi connectivity index (χ1n) is 3.47. The van der Waals surface area contributed by atoms with Crippen LogP contribution in [0.25, 0.3) is 0 Å². The summed E-state index contributed by atoms with van der Waals surface area (Å²) >= 11 is 6.84. The van der Waals surface area contributed by atoms with Gasteiger partial charge in [-0.1, -0.05) is 11.6 Å². The van der Waals surface area contributed by atoms with E-state index in [0.29, 0.717) is 9.90 Å². The van der Waals surface area contributed by atoms with E-state index in [1.807, 2.05) is 0 Å². The number of hydrogen-bond donors (Lipinski definition) is 0. The highest BCUT2D eigenvalue weighted by Crippen LogP contribution is 2.20. The van der Waals surface area contributed by atoms with Gasteiger partial charge in [-0.2, -0.15) is 0 Å². The maximum absolute atomic E-state index is 11.3. The Morgan fingerprint density at radius 3 is 2.77 bits per heavy atom. The molecule has 0 amide bonds. The smallest absolute Gasteiger partial charge is 0.313 e. The molecule has 1 heterocycles. The number of carbonyl (C=O) groups excluding carboxylic acids is 2. The Morgan fingerprint density at radius 1 is 1.62 bits per heavy atom. The molecule has 1 rings (SSSR count). The van der Waals surface area contributed by atoms with Crippen LogP contribution < -0.4 is 0 Å². The average molecular weight is 219 g/mol. The van der Waals surface area contributed by atoms with Gasteiger partial charge in [0.25, 0.3) is 0 Å². The van der Waals surface area contributed by atoms with Crippen molar-refractivity contribution in [2.24, 2.45) is 0 Å². The van der Waals surface area contributed by atoms with E-state index < -0.39 is 5.97 Å². The van der Waals surface area contributed by atoms with Gasteiger partial charge in [0, 0.05) is 5.38 Å². The Hall–Kier alpha value is -0.870. The van der Waals surface area contributed by atoms with Crippen LogP contribution in [0, 0.1) is 0 Å². The molecule has 0 fully saturated rings. The SMILES string of the molecule is COC(=O)CC(=O)c1cc(Cl)cs1. The summed E-state index contributed by atoms with van der Waals surface area (Å²) in [7, 11) is 1.25. The first-order valence-corrected chi connectivity index (χ1v) is 4.73.